The number of fused-ring (bicyclic) bond motifs is 1. The summed E-state index contributed by atoms with van der Waals surface area (Å²) < 4.78 is 0. The molecule has 2 aromatic rings. The van der Waals surface area contributed by atoms with Gasteiger partial charge in [0, 0.05) is 11.5 Å². The van der Waals surface area contributed by atoms with Gasteiger partial charge in [0.05, 0.1) is 11.4 Å². The van der Waals surface area contributed by atoms with Crippen molar-refractivity contribution in [2.75, 3.05) is 6.54 Å². The van der Waals surface area contributed by atoms with Crippen LogP contribution in [0.4, 0.5) is 5.69 Å². The third-order valence-electron chi connectivity index (χ3n) is 4.88. The van der Waals surface area contributed by atoms with Crippen LogP contribution in [0.2, 0.25) is 0 Å². The van der Waals surface area contributed by atoms with Crippen LogP contribution in [-0.2, 0) is 0 Å². The number of aryl methyl sites for hydroxylation is 1. The molecule has 0 saturated carbocycles. The number of para-hydroxylation sites is 1. The lowest BCUT2D eigenvalue weighted by molar-refractivity contribution is 0.595. The second-order valence-electron chi connectivity index (χ2n) is 6.88. The Kier molecular flexibility index (Phi) is 6.19. The molecule has 2 N–H and O–H groups in total. The quantitative estimate of drug-likeness (QED) is 0.651. The summed E-state index contributed by atoms with van der Waals surface area (Å²) in [6.45, 7) is 2.92. The Morgan fingerprint density at radius 3 is 2.48 bits per heavy atom. The van der Waals surface area contributed by atoms with Crippen molar-refractivity contribution in [3.8, 4) is 0 Å². The summed E-state index contributed by atoms with van der Waals surface area (Å²) >= 11 is 0. The first-order chi connectivity index (χ1) is 12.3. The van der Waals surface area contributed by atoms with Crippen LogP contribution in [0, 0.1) is 6.92 Å². The number of nitrogens with zero attached hydrogens (tertiary/aromatic N) is 1. The number of aliphatic imine (C=N–C) groups is 1. The summed E-state index contributed by atoms with van der Waals surface area (Å²) in [5, 5.41) is 0. The zero-order valence-corrected chi connectivity index (χ0v) is 15.1. The Bertz CT molecular complexity index is 741. The second kappa shape index (κ2) is 8.77. The van der Waals surface area contributed by atoms with E-state index in [0.29, 0.717) is 5.92 Å². The highest BCUT2D eigenvalue weighted by atomic mass is 14.8. The molecule has 0 amide bonds. The zero-order chi connectivity index (χ0) is 17.5. The van der Waals surface area contributed by atoms with Crippen molar-refractivity contribution < 1.29 is 0 Å². The van der Waals surface area contributed by atoms with E-state index in [9.17, 15) is 0 Å². The second-order valence-corrected chi connectivity index (χ2v) is 6.88. The van der Waals surface area contributed by atoms with Crippen molar-refractivity contribution in [3.05, 3.63) is 77.4 Å². The Balaban J connectivity index is 1.80. The molecule has 1 aliphatic rings. The lowest BCUT2D eigenvalue weighted by atomic mass is 9.91. The summed E-state index contributed by atoms with van der Waals surface area (Å²) in [4.78, 5) is 4.96. The largest absolute Gasteiger partial charge is 0.330 e. The fourth-order valence-electron chi connectivity index (χ4n) is 3.38. The molecule has 1 unspecified atom stereocenters. The Morgan fingerprint density at radius 2 is 1.68 bits per heavy atom. The molecule has 0 spiro atoms. The van der Waals surface area contributed by atoms with E-state index in [2.05, 4.69) is 67.6 Å². The average Bonchev–Trinajstić information content (AvgIpc) is 2.82. The van der Waals surface area contributed by atoms with Gasteiger partial charge >= 0.3 is 0 Å². The minimum atomic E-state index is 0.445. The minimum Gasteiger partial charge on any atom is -0.330 e. The summed E-state index contributed by atoms with van der Waals surface area (Å²) in [5.74, 6) is 0.445. The normalized spacial score (nSPS) is 16.2. The number of allylic oxidation sites excluding steroid dienone is 2. The maximum atomic E-state index is 5.59. The van der Waals surface area contributed by atoms with Gasteiger partial charge in [0.2, 0.25) is 0 Å². The molecule has 0 radical (unpaired) electrons. The molecule has 0 aromatic heterocycles. The standard InChI is InChI=1S/C23H28N2/c1-18-11-13-20(14-12-18)22-16-15-19(8-4-2-3-7-17-24)21-9-5-6-10-23(21)25-22/h5-6,9-16,19H,2-4,7-8,17,24H2,1H3. The molecular formula is C23H28N2. The van der Waals surface area contributed by atoms with Gasteiger partial charge in [-0.1, -0.05) is 73.4 Å². The first-order valence-corrected chi connectivity index (χ1v) is 9.41. The molecule has 3 rings (SSSR count). The Hall–Kier alpha value is -2.19. The summed E-state index contributed by atoms with van der Waals surface area (Å²) in [6.07, 6.45) is 10.6. The van der Waals surface area contributed by atoms with Crippen LogP contribution in [0.15, 0.2) is 65.7 Å². The zero-order valence-electron chi connectivity index (χ0n) is 15.1. The number of benzene rings is 2. The topological polar surface area (TPSA) is 38.4 Å². The molecule has 0 bridgehead atoms. The van der Waals surface area contributed by atoms with Gasteiger partial charge in [-0.25, -0.2) is 4.99 Å². The van der Waals surface area contributed by atoms with Crippen LogP contribution in [0.3, 0.4) is 0 Å². The minimum absolute atomic E-state index is 0.445. The predicted molar refractivity (Wildman–Crippen MR) is 108 cm³/mol. The van der Waals surface area contributed by atoms with Crippen LogP contribution >= 0.6 is 0 Å². The Morgan fingerprint density at radius 1 is 0.920 bits per heavy atom. The van der Waals surface area contributed by atoms with E-state index in [1.54, 1.807) is 0 Å². The summed E-state index contributed by atoms with van der Waals surface area (Å²) in [5.41, 5.74) is 11.6. The van der Waals surface area contributed by atoms with Crippen LogP contribution < -0.4 is 5.73 Å². The van der Waals surface area contributed by atoms with Crippen molar-refractivity contribution in [1.82, 2.24) is 0 Å². The van der Waals surface area contributed by atoms with E-state index in [1.165, 1.54) is 42.4 Å². The van der Waals surface area contributed by atoms with E-state index >= 15 is 0 Å². The molecular weight excluding hydrogens is 304 g/mol. The van der Waals surface area contributed by atoms with E-state index in [-0.39, 0.29) is 0 Å². The first-order valence-electron chi connectivity index (χ1n) is 9.41. The lowest BCUT2D eigenvalue weighted by Crippen LogP contribution is -1.99. The molecule has 2 nitrogen and oxygen atoms in total. The fourth-order valence-corrected chi connectivity index (χ4v) is 3.38. The SMILES string of the molecule is Cc1ccc(C2=Nc3ccccc3C(CCCCCCN)C=C2)cc1. The highest BCUT2D eigenvalue weighted by molar-refractivity contribution is 6.10. The molecule has 0 saturated heterocycles. The molecule has 0 fully saturated rings. The van der Waals surface area contributed by atoms with Gasteiger partial charge in [0.25, 0.3) is 0 Å². The number of hydrogen-bond donors (Lipinski definition) is 1. The average molecular weight is 332 g/mol. The van der Waals surface area contributed by atoms with Crippen molar-refractivity contribution in [3.63, 3.8) is 0 Å². The molecule has 0 aliphatic carbocycles. The highest BCUT2D eigenvalue weighted by Crippen LogP contribution is 2.34. The monoisotopic (exact) mass is 332 g/mol. The summed E-state index contributed by atoms with van der Waals surface area (Å²) in [7, 11) is 0. The van der Waals surface area contributed by atoms with Crippen molar-refractivity contribution >= 4 is 11.4 Å². The lowest BCUT2D eigenvalue weighted by Gasteiger charge is -2.14. The molecule has 2 aromatic carbocycles. The van der Waals surface area contributed by atoms with Gasteiger partial charge in [-0.05, 0) is 44.0 Å². The fraction of sp³-hybridized carbons (Fsp3) is 0.348. The number of nitrogens with two attached hydrogens (primary N) is 1. The van der Waals surface area contributed by atoms with Crippen LogP contribution in [0.1, 0.15) is 54.7 Å². The number of hydrogen-bond acceptors (Lipinski definition) is 2. The van der Waals surface area contributed by atoms with Crippen LogP contribution in [-0.4, -0.2) is 12.3 Å². The van der Waals surface area contributed by atoms with E-state index in [4.69, 9.17) is 10.7 Å². The van der Waals surface area contributed by atoms with Gasteiger partial charge < -0.3 is 5.73 Å². The van der Waals surface area contributed by atoms with Crippen molar-refractivity contribution in [1.29, 1.82) is 0 Å². The maximum absolute atomic E-state index is 5.59. The van der Waals surface area contributed by atoms with Gasteiger partial charge in [0.1, 0.15) is 0 Å². The molecule has 1 atom stereocenters. The number of rotatable bonds is 7. The van der Waals surface area contributed by atoms with Crippen LogP contribution in [0.25, 0.3) is 0 Å². The third-order valence-corrected chi connectivity index (χ3v) is 4.88. The molecule has 25 heavy (non-hydrogen) atoms. The van der Waals surface area contributed by atoms with Gasteiger partial charge in [-0.2, -0.15) is 0 Å². The highest BCUT2D eigenvalue weighted by Gasteiger charge is 2.16. The van der Waals surface area contributed by atoms with Crippen LogP contribution in [0.5, 0.6) is 0 Å². The first kappa shape index (κ1) is 17.6. The Labute approximate surface area is 151 Å². The molecule has 2 heteroatoms. The molecule has 130 valence electrons. The van der Waals surface area contributed by atoms with Crippen molar-refractivity contribution in [2.45, 2.75) is 44.9 Å². The van der Waals surface area contributed by atoms with E-state index in [0.717, 1.165) is 24.4 Å². The smallest absolute Gasteiger partial charge is 0.0706 e. The van der Waals surface area contributed by atoms with Gasteiger partial charge in [-0.3, -0.25) is 0 Å². The molecule has 1 aliphatic heterocycles. The predicted octanol–water partition coefficient (Wildman–Crippen LogP) is 5.68. The number of unbranched alkanes of at least 4 members (excludes halogenated alkanes) is 3. The van der Waals surface area contributed by atoms with E-state index < -0.39 is 0 Å². The third kappa shape index (κ3) is 4.67. The van der Waals surface area contributed by atoms with E-state index in [1.807, 2.05) is 0 Å². The maximum Gasteiger partial charge on any atom is 0.0706 e. The van der Waals surface area contributed by atoms with Gasteiger partial charge in [-0.15, -0.1) is 0 Å². The summed E-state index contributed by atoms with van der Waals surface area (Å²) in [6, 6.07) is 17.2. The van der Waals surface area contributed by atoms with Gasteiger partial charge in [0.15, 0.2) is 0 Å². The van der Waals surface area contributed by atoms with Crippen molar-refractivity contribution in [2.24, 2.45) is 10.7 Å². The molecule has 1 heterocycles.